The van der Waals surface area contributed by atoms with Gasteiger partial charge in [0.05, 0.1) is 19.7 Å². The van der Waals surface area contributed by atoms with E-state index in [1.807, 2.05) is 12.1 Å². The van der Waals surface area contributed by atoms with Crippen molar-refractivity contribution in [2.75, 3.05) is 40.8 Å². The van der Waals surface area contributed by atoms with Crippen LogP contribution in [0.2, 0.25) is 0 Å². The van der Waals surface area contributed by atoms with Crippen molar-refractivity contribution in [2.24, 2.45) is 0 Å². The van der Waals surface area contributed by atoms with Crippen LogP contribution in [0.3, 0.4) is 0 Å². The van der Waals surface area contributed by atoms with Crippen LogP contribution in [0.1, 0.15) is 15.9 Å². The van der Waals surface area contributed by atoms with Crippen LogP contribution in [-0.2, 0) is 11.2 Å². The van der Waals surface area contributed by atoms with Gasteiger partial charge in [-0.2, -0.15) is 0 Å². The number of amides is 1. The molecule has 0 N–H and O–H groups in total. The third kappa shape index (κ3) is 3.36. The topological polar surface area (TPSA) is 49.9 Å². The summed E-state index contributed by atoms with van der Waals surface area (Å²) in [5.74, 6) is 0.883. The maximum Gasteiger partial charge on any atom is 0.236 e. The molecule has 1 aromatic carbocycles. The van der Waals surface area contributed by atoms with E-state index in [0.29, 0.717) is 12.2 Å². The summed E-state index contributed by atoms with van der Waals surface area (Å²) in [5.41, 5.74) is 1.77. The van der Waals surface area contributed by atoms with E-state index in [1.54, 1.807) is 32.1 Å². The van der Waals surface area contributed by atoms with E-state index in [0.717, 1.165) is 17.7 Å². The molecule has 0 unspecified atom stereocenters. The van der Waals surface area contributed by atoms with Gasteiger partial charge in [0, 0.05) is 26.1 Å². The molecule has 1 amide bonds. The third-order valence-electron chi connectivity index (χ3n) is 3.33. The van der Waals surface area contributed by atoms with Crippen molar-refractivity contribution in [3.8, 4) is 5.75 Å². The Balaban J connectivity index is 1.96. The fraction of sp³-hybridized carbons (Fsp3) is 0.467. The van der Waals surface area contributed by atoms with E-state index in [-0.39, 0.29) is 24.8 Å². The van der Waals surface area contributed by atoms with Gasteiger partial charge in [0.15, 0.2) is 5.78 Å². The lowest BCUT2D eigenvalue weighted by atomic mass is 10.1. The molecule has 1 heterocycles. The molecule has 0 fully saturated rings. The van der Waals surface area contributed by atoms with Gasteiger partial charge in [-0.1, -0.05) is 0 Å². The zero-order chi connectivity index (χ0) is 14.7. The lowest BCUT2D eigenvalue weighted by molar-refractivity contribution is -0.129. The number of Topliss-reactive ketones (excluding diaryl/α,β-unsaturated/α-hetero) is 1. The van der Waals surface area contributed by atoms with Gasteiger partial charge in [0.1, 0.15) is 5.75 Å². The number of ether oxygens (including phenoxy) is 1. The summed E-state index contributed by atoms with van der Waals surface area (Å²) in [7, 11) is 5.19. The number of nitrogens with zero attached hydrogens (tertiary/aromatic N) is 2. The van der Waals surface area contributed by atoms with E-state index in [1.165, 1.54) is 4.90 Å². The van der Waals surface area contributed by atoms with Crippen molar-refractivity contribution in [3.05, 3.63) is 29.3 Å². The van der Waals surface area contributed by atoms with E-state index in [2.05, 4.69) is 0 Å². The molecule has 0 aliphatic carbocycles. The van der Waals surface area contributed by atoms with Gasteiger partial charge >= 0.3 is 0 Å². The van der Waals surface area contributed by atoms with Crippen LogP contribution >= 0.6 is 0 Å². The van der Waals surface area contributed by atoms with E-state index < -0.39 is 0 Å². The van der Waals surface area contributed by atoms with Gasteiger partial charge < -0.3 is 9.64 Å². The highest BCUT2D eigenvalue weighted by Crippen LogP contribution is 2.25. The van der Waals surface area contributed by atoms with Crippen LogP contribution in [0.15, 0.2) is 18.2 Å². The number of rotatable bonds is 5. The molecule has 5 nitrogen and oxygen atoms in total. The van der Waals surface area contributed by atoms with E-state index in [9.17, 15) is 9.59 Å². The minimum Gasteiger partial charge on any atom is -0.493 e. The average Bonchev–Trinajstić information content (AvgIpc) is 2.85. The minimum atomic E-state index is -0.0114. The molecule has 0 atom stereocenters. The van der Waals surface area contributed by atoms with Crippen LogP contribution in [0.4, 0.5) is 0 Å². The van der Waals surface area contributed by atoms with Crippen LogP contribution in [-0.4, -0.2) is 62.3 Å². The molecular formula is C15H20N2O3. The first-order valence-corrected chi connectivity index (χ1v) is 6.65. The summed E-state index contributed by atoms with van der Waals surface area (Å²) in [6.07, 6.45) is 0.853. The molecule has 0 spiro atoms. The van der Waals surface area contributed by atoms with Crippen molar-refractivity contribution in [1.29, 1.82) is 0 Å². The van der Waals surface area contributed by atoms with Gasteiger partial charge in [-0.3, -0.25) is 14.5 Å². The number of likely N-dealkylation sites (N-methyl/N-ethyl adjacent to an activating group) is 2. The highest BCUT2D eigenvalue weighted by Gasteiger charge is 2.17. The second-order valence-electron chi connectivity index (χ2n) is 5.30. The zero-order valence-corrected chi connectivity index (χ0v) is 12.2. The summed E-state index contributed by atoms with van der Waals surface area (Å²) < 4.78 is 5.42. The molecule has 1 aromatic rings. The Labute approximate surface area is 119 Å². The third-order valence-corrected chi connectivity index (χ3v) is 3.33. The summed E-state index contributed by atoms with van der Waals surface area (Å²) in [5, 5.41) is 0. The molecule has 20 heavy (non-hydrogen) atoms. The first-order chi connectivity index (χ1) is 9.47. The lowest BCUT2D eigenvalue weighted by Gasteiger charge is -2.18. The predicted molar refractivity (Wildman–Crippen MR) is 76.2 cm³/mol. The minimum absolute atomic E-state index is 0.0114. The Morgan fingerprint density at radius 2 is 1.95 bits per heavy atom. The van der Waals surface area contributed by atoms with Gasteiger partial charge in [-0.05, 0) is 30.8 Å². The first-order valence-electron chi connectivity index (χ1n) is 6.65. The van der Waals surface area contributed by atoms with Gasteiger partial charge in [0.25, 0.3) is 0 Å². The standard InChI is InChI=1S/C15H20N2O3/c1-16(2)15(19)10-17(3)9-13(18)11-4-5-14-12(8-11)6-7-20-14/h4-5,8H,6-7,9-10H2,1-3H3. The molecule has 0 radical (unpaired) electrons. The number of carbonyl (C=O) groups is 2. The lowest BCUT2D eigenvalue weighted by Crippen LogP contribution is -2.36. The summed E-state index contributed by atoms with van der Waals surface area (Å²) in [6.45, 7) is 1.16. The predicted octanol–water partition coefficient (Wildman–Crippen LogP) is 0.824. The Hall–Kier alpha value is -1.88. The van der Waals surface area contributed by atoms with Crippen molar-refractivity contribution >= 4 is 11.7 Å². The quantitative estimate of drug-likeness (QED) is 0.747. The molecule has 1 aliphatic rings. The highest BCUT2D eigenvalue weighted by atomic mass is 16.5. The zero-order valence-electron chi connectivity index (χ0n) is 12.2. The van der Waals surface area contributed by atoms with Crippen molar-refractivity contribution in [3.63, 3.8) is 0 Å². The monoisotopic (exact) mass is 276 g/mol. The largest absolute Gasteiger partial charge is 0.493 e. The normalized spacial score (nSPS) is 13.0. The average molecular weight is 276 g/mol. The maximum absolute atomic E-state index is 12.2. The van der Waals surface area contributed by atoms with Crippen LogP contribution in [0.25, 0.3) is 0 Å². The molecule has 108 valence electrons. The maximum atomic E-state index is 12.2. The van der Waals surface area contributed by atoms with Crippen LogP contribution in [0.5, 0.6) is 5.75 Å². The second-order valence-corrected chi connectivity index (χ2v) is 5.30. The number of hydrogen-bond acceptors (Lipinski definition) is 4. The van der Waals surface area contributed by atoms with Gasteiger partial charge in [0.2, 0.25) is 5.91 Å². The number of ketones is 1. The summed E-state index contributed by atoms with van der Waals surface area (Å²) in [6, 6.07) is 5.53. The molecule has 2 rings (SSSR count). The Morgan fingerprint density at radius 1 is 1.20 bits per heavy atom. The van der Waals surface area contributed by atoms with Crippen LogP contribution < -0.4 is 4.74 Å². The van der Waals surface area contributed by atoms with Gasteiger partial charge in [-0.15, -0.1) is 0 Å². The number of benzene rings is 1. The Morgan fingerprint density at radius 3 is 2.65 bits per heavy atom. The SMILES string of the molecule is CN(CC(=O)c1ccc2c(c1)CCO2)CC(=O)N(C)C. The van der Waals surface area contributed by atoms with Crippen LogP contribution in [0, 0.1) is 0 Å². The Kier molecular flexibility index (Phi) is 4.39. The number of hydrogen-bond donors (Lipinski definition) is 0. The summed E-state index contributed by atoms with van der Waals surface area (Å²) in [4.78, 5) is 27.0. The molecular weight excluding hydrogens is 256 g/mol. The molecule has 0 aromatic heterocycles. The number of fused-ring (bicyclic) bond motifs is 1. The van der Waals surface area contributed by atoms with Crippen molar-refractivity contribution in [2.45, 2.75) is 6.42 Å². The summed E-state index contributed by atoms with van der Waals surface area (Å²) >= 11 is 0. The smallest absolute Gasteiger partial charge is 0.236 e. The van der Waals surface area contributed by atoms with Gasteiger partial charge in [-0.25, -0.2) is 0 Å². The highest BCUT2D eigenvalue weighted by molar-refractivity contribution is 5.98. The molecule has 0 saturated carbocycles. The van der Waals surface area contributed by atoms with Crippen molar-refractivity contribution in [1.82, 2.24) is 9.80 Å². The number of carbonyl (C=O) groups excluding carboxylic acids is 2. The second kappa shape index (κ2) is 6.05. The van der Waals surface area contributed by atoms with E-state index >= 15 is 0 Å². The van der Waals surface area contributed by atoms with Crippen molar-refractivity contribution < 1.29 is 14.3 Å². The molecule has 0 saturated heterocycles. The fourth-order valence-electron chi connectivity index (χ4n) is 2.12. The first kappa shape index (κ1) is 14.5. The Bertz CT molecular complexity index is 526. The van der Waals surface area contributed by atoms with E-state index in [4.69, 9.17) is 4.74 Å². The molecule has 1 aliphatic heterocycles. The molecule has 0 bridgehead atoms. The fourth-order valence-corrected chi connectivity index (χ4v) is 2.12. The molecule has 5 heteroatoms.